The van der Waals surface area contributed by atoms with Crippen LogP contribution in [0.25, 0.3) is 33.2 Å². The number of ether oxygens (including phenoxy) is 2. The number of hydrogen-bond acceptors (Lipinski definition) is 10. The Kier molecular flexibility index (Phi) is 15.1. The Labute approximate surface area is 358 Å². The summed E-state index contributed by atoms with van der Waals surface area (Å²) in [7, 11) is 0. The lowest BCUT2D eigenvalue weighted by molar-refractivity contribution is -0.140. The number of aliphatic hydroxyl groups is 2. The van der Waals surface area contributed by atoms with Crippen LogP contribution in [0.1, 0.15) is 46.2 Å². The third-order valence-electron chi connectivity index (χ3n) is 10.4. The van der Waals surface area contributed by atoms with Gasteiger partial charge in [-0.15, -0.1) is 0 Å². The zero-order chi connectivity index (χ0) is 43.5. The number of aromatic nitrogens is 2. The summed E-state index contributed by atoms with van der Waals surface area (Å²) in [5, 5.41) is 54.7. The fourth-order valence-electron chi connectivity index (χ4n) is 7.23. The van der Waals surface area contributed by atoms with E-state index in [1.165, 1.54) is 6.20 Å². The van der Waals surface area contributed by atoms with Crippen molar-refractivity contribution in [3.05, 3.63) is 136 Å². The first-order valence-electron chi connectivity index (χ1n) is 19.8. The molecule has 0 spiro atoms. The van der Waals surface area contributed by atoms with E-state index in [-0.39, 0.29) is 39.3 Å². The summed E-state index contributed by atoms with van der Waals surface area (Å²) in [5.74, 6) is -1.27. The van der Waals surface area contributed by atoms with Crippen LogP contribution in [0.5, 0.6) is 11.5 Å². The molecular weight excluding hydrogens is 798 g/mol. The van der Waals surface area contributed by atoms with Crippen molar-refractivity contribution in [2.45, 2.75) is 65.2 Å². The van der Waals surface area contributed by atoms with E-state index in [0.29, 0.717) is 46.3 Å². The number of aliphatic hydroxyl groups excluding tert-OH is 2. The standard InChI is InChI=1S/C47H48ClN5O8/c1-29-35(28-61-45-20-44(60-27-32-15-31(21-49)22-51-23-32)36(17-42(45)48)24-52-26-38(55)19-47(58)59)5-3-7-40(29)41-8-4-6-39(30(41)2)33-9-10-43-34(16-33)11-13-53(43)14-12-50-25-37(54)18-46(56)57/h3-11,13,15-17,20,22-23,37-38,50,52,54-55H,12,14,18-19,24-28H2,1-2H3,(H,56,57)(H,58,59). The smallest absolute Gasteiger partial charge is 0.306 e. The molecule has 2 aromatic heterocycles. The maximum atomic E-state index is 11.0. The Bertz CT molecular complexity index is 2550. The number of rotatable bonds is 21. The van der Waals surface area contributed by atoms with Gasteiger partial charge >= 0.3 is 11.9 Å². The Balaban J connectivity index is 1.18. The molecule has 2 heterocycles. The summed E-state index contributed by atoms with van der Waals surface area (Å²) >= 11 is 6.78. The number of nitrogens with zero attached hydrogens (tertiary/aromatic N) is 3. The lowest BCUT2D eigenvalue weighted by Gasteiger charge is -2.18. The summed E-state index contributed by atoms with van der Waals surface area (Å²) in [6, 6.07) is 28.1. The summed E-state index contributed by atoms with van der Waals surface area (Å²) in [6.45, 7) is 6.28. The first-order chi connectivity index (χ1) is 29.4. The van der Waals surface area contributed by atoms with Crippen LogP contribution in [0, 0.1) is 25.2 Å². The zero-order valence-electron chi connectivity index (χ0n) is 33.9. The quantitative estimate of drug-likeness (QED) is 0.0406. The number of nitrogens with one attached hydrogen (secondary N) is 2. The molecule has 0 aliphatic rings. The van der Waals surface area contributed by atoms with E-state index in [4.69, 9.17) is 31.3 Å². The minimum Gasteiger partial charge on any atom is -0.488 e. The largest absolute Gasteiger partial charge is 0.488 e. The molecule has 0 fully saturated rings. The van der Waals surface area contributed by atoms with Crippen LogP contribution in [0.15, 0.2) is 97.5 Å². The highest BCUT2D eigenvalue weighted by Gasteiger charge is 2.17. The highest BCUT2D eigenvalue weighted by atomic mass is 35.5. The monoisotopic (exact) mass is 845 g/mol. The van der Waals surface area contributed by atoms with E-state index >= 15 is 0 Å². The van der Waals surface area contributed by atoms with Gasteiger partial charge in [-0.05, 0) is 83.1 Å². The van der Waals surface area contributed by atoms with Crippen molar-refractivity contribution in [3.63, 3.8) is 0 Å². The SMILES string of the molecule is Cc1c(COc2cc(OCc3cncc(C#N)c3)c(CNCC(O)CC(=O)O)cc2Cl)cccc1-c1cccc(-c2ccc3c(ccn3CCNCC(O)CC(=O)O)c2)c1C. The Morgan fingerprint density at radius 3 is 2.23 bits per heavy atom. The molecule has 0 aliphatic heterocycles. The molecule has 0 saturated carbocycles. The van der Waals surface area contributed by atoms with E-state index in [1.807, 2.05) is 18.3 Å². The van der Waals surface area contributed by atoms with Crippen LogP contribution in [-0.2, 0) is 35.9 Å². The van der Waals surface area contributed by atoms with Gasteiger partial charge in [-0.2, -0.15) is 5.26 Å². The molecule has 2 unspecified atom stereocenters. The molecule has 0 saturated heterocycles. The summed E-state index contributed by atoms with van der Waals surface area (Å²) in [4.78, 5) is 26.0. The molecule has 61 heavy (non-hydrogen) atoms. The molecule has 13 nitrogen and oxygen atoms in total. The molecule has 2 atom stereocenters. The first kappa shape index (κ1) is 44.3. The van der Waals surface area contributed by atoms with Crippen LogP contribution in [-0.4, -0.2) is 73.8 Å². The van der Waals surface area contributed by atoms with Gasteiger partial charge in [-0.3, -0.25) is 14.6 Å². The highest BCUT2D eigenvalue weighted by Crippen LogP contribution is 2.37. The number of fused-ring (bicyclic) bond motifs is 1. The van der Waals surface area contributed by atoms with Crippen molar-refractivity contribution in [2.75, 3.05) is 19.6 Å². The van der Waals surface area contributed by atoms with Gasteiger partial charge in [-0.25, -0.2) is 0 Å². The number of halogens is 1. The van der Waals surface area contributed by atoms with Crippen molar-refractivity contribution in [2.24, 2.45) is 0 Å². The van der Waals surface area contributed by atoms with Crippen LogP contribution in [0.2, 0.25) is 5.02 Å². The maximum Gasteiger partial charge on any atom is 0.306 e. The van der Waals surface area contributed by atoms with Gasteiger partial charge in [0.25, 0.3) is 0 Å². The lowest BCUT2D eigenvalue weighted by atomic mass is 9.89. The molecule has 14 heteroatoms. The van der Waals surface area contributed by atoms with Gasteiger partial charge in [0.05, 0.1) is 35.6 Å². The number of pyridine rings is 1. The Morgan fingerprint density at radius 2 is 1.49 bits per heavy atom. The second kappa shape index (κ2) is 20.8. The first-order valence-corrected chi connectivity index (χ1v) is 20.2. The number of benzene rings is 4. The molecule has 6 aromatic rings. The van der Waals surface area contributed by atoms with Crippen molar-refractivity contribution >= 4 is 34.4 Å². The van der Waals surface area contributed by atoms with Gasteiger partial charge in [0, 0.05) is 79.4 Å². The van der Waals surface area contributed by atoms with Crippen LogP contribution in [0.4, 0.5) is 0 Å². The molecule has 6 rings (SSSR count). The predicted octanol–water partition coefficient (Wildman–Crippen LogP) is 7.02. The third kappa shape index (κ3) is 11.7. The summed E-state index contributed by atoms with van der Waals surface area (Å²) in [5.41, 5.74) is 10.4. The fraction of sp³-hybridized carbons (Fsp3) is 0.277. The highest BCUT2D eigenvalue weighted by molar-refractivity contribution is 6.32. The van der Waals surface area contributed by atoms with Crippen LogP contribution in [0.3, 0.4) is 0 Å². The van der Waals surface area contributed by atoms with Gasteiger partial charge in [0.2, 0.25) is 0 Å². The molecular formula is C47H48ClN5O8. The van der Waals surface area contributed by atoms with Crippen molar-refractivity contribution in [3.8, 4) is 39.8 Å². The van der Waals surface area contributed by atoms with E-state index in [1.54, 1.807) is 24.4 Å². The van der Waals surface area contributed by atoms with Crippen molar-refractivity contribution < 1.29 is 39.5 Å². The number of carbonyl (C=O) groups is 2. The maximum absolute atomic E-state index is 11.0. The Morgan fingerprint density at radius 1 is 0.803 bits per heavy atom. The fourth-order valence-corrected chi connectivity index (χ4v) is 7.47. The average molecular weight is 846 g/mol. The number of carboxylic acid groups (broad SMARTS) is 2. The molecule has 0 bridgehead atoms. The van der Waals surface area contributed by atoms with Crippen molar-refractivity contribution in [1.82, 2.24) is 20.2 Å². The van der Waals surface area contributed by atoms with Gasteiger partial charge in [-0.1, -0.05) is 54.1 Å². The lowest BCUT2D eigenvalue weighted by Crippen LogP contribution is -2.30. The van der Waals surface area contributed by atoms with Gasteiger partial charge < -0.3 is 45.1 Å². The molecule has 4 aromatic carbocycles. The summed E-state index contributed by atoms with van der Waals surface area (Å²) < 4.78 is 14.7. The second-order valence-electron chi connectivity index (χ2n) is 14.9. The Hall–Kier alpha value is -6.27. The number of carboxylic acids is 2. The average Bonchev–Trinajstić information content (AvgIpc) is 3.64. The van der Waals surface area contributed by atoms with Crippen LogP contribution < -0.4 is 20.1 Å². The number of aliphatic carboxylic acids is 2. The third-order valence-corrected chi connectivity index (χ3v) is 10.7. The van der Waals surface area contributed by atoms with Gasteiger partial charge in [0.1, 0.15) is 30.8 Å². The predicted molar refractivity (Wildman–Crippen MR) is 232 cm³/mol. The van der Waals surface area contributed by atoms with E-state index in [0.717, 1.165) is 49.8 Å². The molecule has 6 N–H and O–H groups in total. The summed E-state index contributed by atoms with van der Waals surface area (Å²) in [6.07, 6.45) is 2.43. The second-order valence-corrected chi connectivity index (χ2v) is 15.3. The molecule has 0 aliphatic carbocycles. The number of hydrogen-bond donors (Lipinski definition) is 6. The minimum atomic E-state index is -1.10. The van der Waals surface area contributed by atoms with Crippen molar-refractivity contribution in [1.29, 1.82) is 5.26 Å². The van der Waals surface area contributed by atoms with Crippen LogP contribution >= 0.6 is 11.6 Å². The number of nitriles is 1. The molecule has 0 radical (unpaired) electrons. The minimum absolute atomic E-state index is 0.0453. The van der Waals surface area contributed by atoms with Gasteiger partial charge in [0.15, 0.2) is 0 Å². The normalized spacial score (nSPS) is 12.2. The van der Waals surface area contributed by atoms with E-state index < -0.39 is 30.6 Å². The molecule has 316 valence electrons. The zero-order valence-corrected chi connectivity index (χ0v) is 34.7. The topological polar surface area (TPSA) is 199 Å². The van der Waals surface area contributed by atoms with E-state index in [9.17, 15) is 25.1 Å². The van der Waals surface area contributed by atoms with E-state index in [2.05, 4.69) is 88.6 Å². The molecule has 0 amide bonds.